The molecule has 0 saturated heterocycles. The predicted octanol–water partition coefficient (Wildman–Crippen LogP) is 3.88. The van der Waals surface area contributed by atoms with E-state index >= 15 is 0 Å². The number of nitrogens with zero attached hydrogens (tertiary/aromatic N) is 6. The van der Waals surface area contributed by atoms with Gasteiger partial charge >= 0.3 is 5.69 Å². The summed E-state index contributed by atoms with van der Waals surface area (Å²) in [6, 6.07) is 1.20. The largest absolute Gasteiger partial charge is 0.365 e. The van der Waals surface area contributed by atoms with Gasteiger partial charge in [-0.15, -0.1) is 11.3 Å². The monoisotopic (exact) mass is 532 g/mol. The summed E-state index contributed by atoms with van der Waals surface area (Å²) < 4.78 is 30.2. The maximum Gasteiger partial charge on any atom is 0.312 e. The highest BCUT2D eigenvalue weighted by molar-refractivity contribution is 7.21. The van der Waals surface area contributed by atoms with Crippen molar-refractivity contribution in [3.05, 3.63) is 50.0 Å². The van der Waals surface area contributed by atoms with E-state index in [1.165, 1.54) is 24.6 Å². The van der Waals surface area contributed by atoms with Gasteiger partial charge in [-0.25, -0.2) is 13.8 Å². The SMILES string of the molecule is CCn1cc(-c2cc(C(F)F)nc3sc(C(N)=O)c(NC(=O)Cn4nc(C)c([N+](=O)[O-])c4C)c23)c(C)n1. The number of pyridine rings is 1. The number of rotatable bonds is 8. The summed E-state index contributed by atoms with van der Waals surface area (Å²) in [7, 11) is 0. The molecule has 194 valence electrons. The molecule has 4 heterocycles. The van der Waals surface area contributed by atoms with E-state index in [9.17, 15) is 28.5 Å². The quantitative estimate of drug-likeness (QED) is 0.257. The van der Waals surface area contributed by atoms with Crippen molar-refractivity contribution >= 4 is 44.7 Å². The fraction of sp³-hybridized carbons (Fsp3) is 0.318. The average Bonchev–Trinajstić information content (AvgIpc) is 3.46. The minimum Gasteiger partial charge on any atom is -0.365 e. The first-order valence-electron chi connectivity index (χ1n) is 11.0. The van der Waals surface area contributed by atoms with Crippen LogP contribution in [0.15, 0.2) is 12.3 Å². The first-order chi connectivity index (χ1) is 17.4. The molecule has 0 bridgehead atoms. The zero-order valence-corrected chi connectivity index (χ0v) is 21.0. The van der Waals surface area contributed by atoms with Gasteiger partial charge in [0.1, 0.15) is 33.3 Å². The summed E-state index contributed by atoms with van der Waals surface area (Å²) in [4.78, 5) is 40.1. The number of thiophene rings is 1. The van der Waals surface area contributed by atoms with E-state index in [2.05, 4.69) is 20.5 Å². The molecule has 4 aromatic heterocycles. The lowest BCUT2D eigenvalue weighted by Gasteiger charge is -2.11. The van der Waals surface area contributed by atoms with Crippen LogP contribution >= 0.6 is 11.3 Å². The van der Waals surface area contributed by atoms with Crippen LogP contribution in [0.5, 0.6) is 0 Å². The van der Waals surface area contributed by atoms with Crippen molar-refractivity contribution in [2.24, 2.45) is 5.73 Å². The van der Waals surface area contributed by atoms with Crippen LogP contribution in [0, 0.1) is 30.9 Å². The van der Waals surface area contributed by atoms with Gasteiger partial charge in [-0.3, -0.25) is 29.1 Å². The molecule has 0 saturated carbocycles. The first-order valence-corrected chi connectivity index (χ1v) is 11.8. The standard InChI is InChI=1S/C22H22F2N8O4S/c1-5-30-7-13(9(2)28-30)12-6-14(20(23)24)26-22-16(12)17(19(37-22)21(25)34)27-15(33)8-31-11(4)18(32(35)36)10(3)29-31/h6-7,20H,5,8H2,1-4H3,(H2,25,34)(H,27,33). The number of anilines is 1. The molecule has 0 aliphatic rings. The Hall–Kier alpha value is -4.27. The zero-order valence-electron chi connectivity index (χ0n) is 20.2. The highest BCUT2D eigenvalue weighted by Crippen LogP contribution is 2.43. The van der Waals surface area contributed by atoms with Crippen LogP contribution in [0.4, 0.5) is 20.2 Å². The number of nitrogens with two attached hydrogens (primary N) is 1. The maximum atomic E-state index is 13.7. The number of nitro groups is 1. The molecule has 0 aliphatic heterocycles. The minimum absolute atomic E-state index is 0.0143. The Morgan fingerprint density at radius 2 is 1.92 bits per heavy atom. The number of primary amides is 1. The van der Waals surface area contributed by atoms with Crippen molar-refractivity contribution in [1.82, 2.24) is 24.5 Å². The van der Waals surface area contributed by atoms with Gasteiger partial charge in [0.25, 0.3) is 12.3 Å². The normalized spacial score (nSPS) is 11.4. The number of fused-ring (bicyclic) bond motifs is 1. The summed E-state index contributed by atoms with van der Waals surface area (Å²) in [6.45, 7) is 6.63. The fourth-order valence-corrected chi connectivity index (χ4v) is 5.11. The van der Waals surface area contributed by atoms with Crippen LogP contribution in [0.2, 0.25) is 0 Å². The number of nitrogens with one attached hydrogen (secondary N) is 1. The molecule has 0 spiro atoms. The maximum absolute atomic E-state index is 13.7. The number of halogens is 2. The molecule has 0 atom stereocenters. The third-order valence-corrected chi connectivity index (χ3v) is 6.87. The molecule has 3 N–H and O–H groups in total. The van der Waals surface area contributed by atoms with Crippen LogP contribution in [0.1, 0.15) is 45.8 Å². The number of hydrogen-bond acceptors (Lipinski definition) is 8. The van der Waals surface area contributed by atoms with Gasteiger partial charge in [-0.2, -0.15) is 10.2 Å². The Balaban J connectivity index is 1.86. The summed E-state index contributed by atoms with van der Waals surface area (Å²) in [5.74, 6) is -1.54. The lowest BCUT2D eigenvalue weighted by molar-refractivity contribution is -0.386. The van der Waals surface area contributed by atoms with E-state index in [-0.39, 0.29) is 37.9 Å². The molecule has 0 unspecified atom stereocenters. The van der Waals surface area contributed by atoms with E-state index in [1.54, 1.807) is 17.8 Å². The molecular weight excluding hydrogens is 510 g/mol. The molecule has 0 aromatic carbocycles. The van der Waals surface area contributed by atoms with E-state index < -0.39 is 35.4 Å². The average molecular weight is 533 g/mol. The zero-order chi connectivity index (χ0) is 27.2. The van der Waals surface area contributed by atoms with Crippen molar-refractivity contribution in [3.63, 3.8) is 0 Å². The van der Waals surface area contributed by atoms with Crippen molar-refractivity contribution in [2.75, 3.05) is 5.32 Å². The number of carbonyl (C=O) groups is 2. The van der Waals surface area contributed by atoms with Gasteiger partial charge in [-0.1, -0.05) is 0 Å². The summed E-state index contributed by atoms with van der Waals surface area (Å²) >= 11 is 0.780. The molecule has 37 heavy (non-hydrogen) atoms. The topological polar surface area (TPSA) is 164 Å². The van der Waals surface area contributed by atoms with Crippen LogP contribution in [0.25, 0.3) is 21.3 Å². The van der Waals surface area contributed by atoms with Gasteiger partial charge in [0.05, 0.1) is 16.3 Å². The smallest absolute Gasteiger partial charge is 0.312 e. The fourth-order valence-electron chi connectivity index (χ4n) is 4.10. The van der Waals surface area contributed by atoms with E-state index in [0.717, 1.165) is 11.3 Å². The van der Waals surface area contributed by atoms with Crippen molar-refractivity contribution < 1.29 is 23.3 Å². The first kappa shape index (κ1) is 25.8. The molecule has 15 heteroatoms. The summed E-state index contributed by atoms with van der Waals surface area (Å²) in [5, 5.41) is 22.6. The molecule has 0 aliphatic carbocycles. The van der Waals surface area contributed by atoms with Crippen molar-refractivity contribution in [1.29, 1.82) is 0 Å². The van der Waals surface area contributed by atoms with Gasteiger partial charge in [-0.05, 0) is 39.3 Å². The molecule has 2 amide bonds. The molecule has 0 radical (unpaired) electrons. The van der Waals surface area contributed by atoms with Gasteiger partial charge in [0.2, 0.25) is 5.91 Å². The third-order valence-electron chi connectivity index (χ3n) is 5.77. The number of aromatic nitrogens is 5. The highest BCUT2D eigenvalue weighted by atomic mass is 32.1. The van der Waals surface area contributed by atoms with Gasteiger partial charge in [0.15, 0.2) is 0 Å². The summed E-state index contributed by atoms with van der Waals surface area (Å²) in [5.41, 5.74) is 6.56. The van der Waals surface area contributed by atoms with Gasteiger partial charge < -0.3 is 11.1 Å². The number of carbonyl (C=O) groups excluding carboxylic acids is 2. The van der Waals surface area contributed by atoms with Crippen LogP contribution < -0.4 is 11.1 Å². The van der Waals surface area contributed by atoms with Crippen LogP contribution in [-0.4, -0.2) is 41.3 Å². The second-order valence-electron chi connectivity index (χ2n) is 8.21. The predicted molar refractivity (Wildman–Crippen MR) is 132 cm³/mol. The lowest BCUT2D eigenvalue weighted by Crippen LogP contribution is -2.22. The Labute approximate surface area is 212 Å². The highest BCUT2D eigenvalue weighted by Gasteiger charge is 2.27. The second-order valence-corrected chi connectivity index (χ2v) is 9.21. The van der Waals surface area contributed by atoms with Crippen molar-refractivity contribution in [3.8, 4) is 11.1 Å². The second kappa shape index (κ2) is 9.65. The third kappa shape index (κ3) is 4.64. The van der Waals surface area contributed by atoms with Crippen molar-refractivity contribution in [2.45, 2.75) is 47.2 Å². The number of aryl methyl sites for hydroxylation is 3. The Kier molecular flexibility index (Phi) is 6.73. The van der Waals surface area contributed by atoms with E-state index in [0.29, 0.717) is 23.4 Å². The van der Waals surface area contributed by atoms with E-state index in [1.807, 2.05) is 6.92 Å². The van der Waals surface area contributed by atoms with Crippen LogP contribution in [0.3, 0.4) is 0 Å². The number of hydrogen-bond donors (Lipinski definition) is 2. The molecule has 4 rings (SSSR count). The van der Waals surface area contributed by atoms with Gasteiger partial charge in [0, 0.05) is 23.7 Å². The summed E-state index contributed by atoms with van der Waals surface area (Å²) in [6.07, 6.45) is -1.20. The Bertz CT molecular complexity index is 1570. The van der Waals surface area contributed by atoms with Crippen LogP contribution in [-0.2, 0) is 17.9 Å². The molecule has 0 fully saturated rings. The minimum atomic E-state index is -2.89. The van der Waals surface area contributed by atoms with E-state index in [4.69, 9.17) is 5.73 Å². The Morgan fingerprint density at radius 3 is 2.46 bits per heavy atom. The number of alkyl halides is 2. The molecular formula is C22H22F2N8O4S. The Morgan fingerprint density at radius 1 is 1.22 bits per heavy atom. The number of amides is 2. The molecule has 4 aromatic rings. The molecule has 12 nitrogen and oxygen atoms in total. The lowest BCUT2D eigenvalue weighted by atomic mass is 10.0.